The Kier molecular flexibility index (Phi) is 21.7. The number of hydrogen-bond donors (Lipinski definition) is 0. The molecule has 2 atom stereocenters. The van der Waals surface area contributed by atoms with Gasteiger partial charge >= 0.3 is 0 Å². The van der Waals surface area contributed by atoms with Crippen molar-refractivity contribution in [3.05, 3.63) is 18.2 Å². The zero-order chi connectivity index (χ0) is 25.4. The molecule has 0 radical (unpaired) electrons. The Bertz CT molecular complexity index is 549. The lowest BCUT2D eigenvalue weighted by Gasteiger charge is -2.22. The van der Waals surface area contributed by atoms with Crippen LogP contribution in [-0.4, -0.2) is 9.55 Å². The van der Waals surface area contributed by atoms with Gasteiger partial charge in [-0.05, 0) is 26.2 Å². The van der Waals surface area contributed by atoms with E-state index in [1.807, 2.05) is 0 Å². The SMILES string of the molecule is CCCCCCCCCCCCCCCCC(C)n1ccnc1C(CCCC)CCCCCCC. The molecule has 0 aliphatic carbocycles. The van der Waals surface area contributed by atoms with Crippen LogP contribution >= 0.6 is 0 Å². The van der Waals surface area contributed by atoms with Gasteiger partial charge in [-0.2, -0.15) is 0 Å². The zero-order valence-corrected chi connectivity index (χ0v) is 24.7. The van der Waals surface area contributed by atoms with Gasteiger partial charge in [0.15, 0.2) is 0 Å². The summed E-state index contributed by atoms with van der Waals surface area (Å²) >= 11 is 0. The minimum atomic E-state index is 0.592. The van der Waals surface area contributed by atoms with Crippen molar-refractivity contribution in [2.24, 2.45) is 0 Å². The predicted octanol–water partition coefficient (Wildman–Crippen LogP) is 11.9. The second-order valence-corrected chi connectivity index (χ2v) is 11.5. The van der Waals surface area contributed by atoms with Gasteiger partial charge in [0.05, 0.1) is 0 Å². The monoisotopic (exact) mass is 489 g/mol. The summed E-state index contributed by atoms with van der Waals surface area (Å²) in [7, 11) is 0. The number of rotatable bonds is 26. The lowest BCUT2D eigenvalue weighted by molar-refractivity contribution is 0.416. The van der Waals surface area contributed by atoms with Crippen molar-refractivity contribution in [2.75, 3.05) is 0 Å². The molecular formula is C33H64N2. The first-order valence-electron chi connectivity index (χ1n) is 16.3. The molecule has 0 aromatic carbocycles. The Balaban J connectivity index is 2.20. The van der Waals surface area contributed by atoms with E-state index in [0.29, 0.717) is 12.0 Å². The maximum absolute atomic E-state index is 4.89. The van der Waals surface area contributed by atoms with Gasteiger partial charge in [-0.3, -0.25) is 0 Å². The van der Waals surface area contributed by atoms with Crippen molar-refractivity contribution in [3.63, 3.8) is 0 Å². The van der Waals surface area contributed by atoms with Crippen LogP contribution in [0.3, 0.4) is 0 Å². The number of aromatic nitrogens is 2. The first-order valence-corrected chi connectivity index (χ1v) is 16.3. The lowest BCUT2D eigenvalue weighted by atomic mass is 9.93. The molecule has 2 nitrogen and oxygen atoms in total. The Morgan fingerprint density at radius 1 is 0.543 bits per heavy atom. The topological polar surface area (TPSA) is 17.8 Å². The van der Waals surface area contributed by atoms with E-state index >= 15 is 0 Å². The Labute approximate surface area is 221 Å². The van der Waals surface area contributed by atoms with Crippen LogP contribution in [0.1, 0.15) is 200 Å². The van der Waals surface area contributed by atoms with Gasteiger partial charge in [-0.25, -0.2) is 4.98 Å². The van der Waals surface area contributed by atoms with Gasteiger partial charge in [0.2, 0.25) is 0 Å². The molecule has 0 aliphatic rings. The van der Waals surface area contributed by atoms with Crippen LogP contribution in [0.4, 0.5) is 0 Å². The van der Waals surface area contributed by atoms with Crippen molar-refractivity contribution < 1.29 is 0 Å². The van der Waals surface area contributed by atoms with Crippen LogP contribution in [-0.2, 0) is 0 Å². The van der Waals surface area contributed by atoms with E-state index in [0.717, 1.165) is 0 Å². The lowest BCUT2D eigenvalue weighted by Crippen LogP contribution is -2.13. The summed E-state index contributed by atoms with van der Waals surface area (Å²) in [5, 5.41) is 0. The van der Waals surface area contributed by atoms with Crippen LogP contribution in [0.2, 0.25) is 0 Å². The fourth-order valence-corrected chi connectivity index (χ4v) is 5.63. The maximum Gasteiger partial charge on any atom is 0.111 e. The highest BCUT2D eigenvalue weighted by molar-refractivity contribution is 5.02. The molecule has 0 aliphatic heterocycles. The van der Waals surface area contributed by atoms with Crippen molar-refractivity contribution in [1.29, 1.82) is 0 Å². The number of imidazole rings is 1. The molecule has 0 bridgehead atoms. The standard InChI is InChI=1S/C33H64N2/c1-5-8-11-13-14-15-16-17-18-19-20-21-23-24-26-31(4)35-30-29-34-33(35)32(27-10-7-3)28-25-22-12-9-6-2/h29-32H,5-28H2,1-4H3. The summed E-state index contributed by atoms with van der Waals surface area (Å²) in [5.41, 5.74) is 0. The fourth-order valence-electron chi connectivity index (χ4n) is 5.63. The summed E-state index contributed by atoms with van der Waals surface area (Å²) in [6.07, 6.45) is 37.9. The Hall–Kier alpha value is -0.790. The van der Waals surface area contributed by atoms with Gasteiger partial charge in [0, 0.05) is 24.4 Å². The molecule has 1 rings (SSSR count). The van der Waals surface area contributed by atoms with Crippen molar-refractivity contribution in [2.45, 2.75) is 194 Å². The fraction of sp³-hybridized carbons (Fsp3) is 0.909. The average Bonchev–Trinajstić information content (AvgIpc) is 3.36. The van der Waals surface area contributed by atoms with Crippen LogP contribution in [0.5, 0.6) is 0 Å². The van der Waals surface area contributed by atoms with E-state index in [2.05, 4.69) is 44.7 Å². The predicted molar refractivity (Wildman–Crippen MR) is 158 cm³/mol. The highest BCUT2D eigenvalue weighted by atomic mass is 15.1. The van der Waals surface area contributed by atoms with E-state index in [-0.39, 0.29) is 0 Å². The molecule has 1 aromatic rings. The van der Waals surface area contributed by atoms with Crippen LogP contribution < -0.4 is 0 Å². The second-order valence-electron chi connectivity index (χ2n) is 11.5. The van der Waals surface area contributed by atoms with Crippen LogP contribution in [0.25, 0.3) is 0 Å². The molecule has 0 saturated carbocycles. The largest absolute Gasteiger partial charge is 0.332 e. The molecule has 2 unspecified atom stereocenters. The Morgan fingerprint density at radius 3 is 1.43 bits per heavy atom. The molecule has 35 heavy (non-hydrogen) atoms. The summed E-state index contributed by atoms with van der Waals surface area (Å²) < 4.78 is 2.54. The molecule has 0 spiro atoms. The molecule has 1 heterocycles. The third kappa shape index (κ3) is 16.6. The van der Waals surface area contributed by atoms with E-state index in [1.54, 1.807) is 0 Å². The van der Waals surface area contributed by atoms with Crippen molar-refractivity contribution in [1.82, 2.24) is 9.55 Å². The van der Waals surface area contributed by atoms with Gasteiger partial charge < -0.3 is 4.57 Å². The molecule has 2 heteroatoms. The maximum atomic E-state index is 4.89. The quantitative estimate of drug-likeness (QED) is 0.118. The van der Waals surface area contributed by atoms with E-state index in [1.165, 1.54) is 160 Å². The first kappa shape index (κ1) is 32.2. The minimum absolute atomic E-state index is 0.592. The molecule has 1 aromatic heterocycles. The summed E-state index contributed by atoms with van der Waals surface area (Å²) in [6.45, 7) is 9.35. The van der Waals surface area contributed by atoms with Gasteiger partial charge in [-0.1, -0.05) is 156 Å². The normalized spacial score (nSPS) is 13.4. The van der Waals surface area contributed by atoms with Crippen LogP contribution in [0.15, 0.2) is 12.4 Å². The van der Waals surface area contributed by atoms with Gasteiger partial charge in [-0.15, -0.1) is 0 Å². The van der Waals surface area contributed by atoms with E-state index < -0.39 is 0 Å². The number of nitrogens with zero attached hydrogens (tertiary/aromatic N) is 2. The van der Waals surface area contributed by atoms with Crippen molar-refractivity contribution in [3.8, 4) is 0 Å². The molecule has 0 fully saturated rings. The van der Waals surface area contributed by atoms with Crippen LogP contribution in [0, 0.1) is 0 Å². The zero-order valence-electron chi connectivity index (χ0n) is 24.7. The average molecular weight is 489 g/mol. The van der Waals surface area contributed by atoms with Crippen molar-refractivity contribution >= 4 is 0 Å². The van der Waals surface area contributed by atoms with E-state index in [9.17, 15) is 0 Å². The third-order valence-corrected chi connectivity index (χ3v) is 8.08. The van der Waals surface area contributed by atoms with Gasteiger partial charge in [0.1, 0.15) is 5.82 Å². The smallest absolute Gasteiger partial charge is 0.111 e. The highest BCUT2D eigenvalue weighted by Crippen LogP contribution is 2.30. The Morgan fingerprint density at radius 2 is 0.943 bits per heavy atom. The third-order valence-electron chi connectivity index (χ3n) is 8.08. The first-order chi connectivity index (χ1) is 17.2. The molecular weight excluding hydrogens is 424 g/mol. The minimum Gasteiger partial charge on any atom is -0.332 e. The summed E-state index contributed by atoms with van der Waals surface area (Å²) in [4.78, 5) is 4.89. The molecule has 206 valence electrons. The summed E-state index contributed by atoms with van der Waals surface area (Å²) in [6, 6.07) is 0.592. The molecule has 0 N–H and O–H groups in total. The molecule has 0 saturated heterocycles. The summed E-state index contributed by atoms with van der Waals surface area (Å²) in [5.74, 6) is 2.04. The number of hydrogen-bond acceptors (Lipinski definition) is 1. The van der Waals surface area contributed by atoms with Gasteiger partial charge in [0.25, 0.3) is 0 Å². The molecule has 0 amide bonds. The second kappa shape index (κ2) is 23.6. The number of unbranched alkanes of at least 4 members (excludes halogenated alkanes) is 18. The van der Waals surface area contributed by atoms with E-state index in [4.69, 9.17) is 4.98 Å². The highest BCUT2D eigenvalue weighted by Gasteiger charge is 2.19.